The summed E-state index contributed by atoms with van der Waals surface area (Å²) in [5.74, 6) is -0.998. The van der Waals surface area contributed by atoms with E-state index in [4.69, 9.17) is 0 Å². The minimum absolute atomic E-state index is 0.0805. The number of nitrogens with one attached hydrogen (secondary N) is 1. The third-order valence-corrected chi connectivity index (χ3v) is 3.58. The van der Waals surface area contributed by atoms with Gasteiger partial charge in [0.15, 0.2) is 5.69 Å². The molecule has 0 bridgehead atoms. The van der Waals surface area contributed by atoms with Gasteiger partial charge in [-0.15, -0.1) is 0 Å². The van der Waals surface area contributed by atoms with Crippen molar-refractivity contribution in [3.05, 3.63) is 36.0 Å². The van der Waals surface area contributed by atoms with E-state index in [0.29, 0.717) is 11.6 Å². The van der Waals surface area contributed by atoms with Crippen molar-refractivity contribution >= 4 is 22.6 Å². The van der Waals surface area contributed by atoms with Crippen LogP contribution in [0.1, 0.15) is 50.0 Å². The Morgan fingerprint density at radius 1 is 1.33 bits per heavy atom. The topological polar surface area (TPSA) is 62.2 Å². The van der Waals surface area contributed by atoms with Crippen molar-refractivity contribution in [1.82, 2.24) is 4.98 Å². The number of aromatic carboxylic acids is 1. The Balaban J connectivity index is 2.26. The number of fused-ring (bicyclic) bond motifs is 1. The predicted molar refractivity (Wildman–Crippen MR) is 85.9 cm³/mol. The highest BCUT2D eigenvalue weighted by Crippen LogP contribution is 2.24. The van der Waals surface area contributed by atoms with E-state index in [1.807, 2.05) is 24.3 Å². The van der Waals surface area contributed by atoms with Crippen LogP contribution in [0.25, 0.3) is 10.9 Å². The summed E-state index contributed by atoms with van der Waals surface area (Å²) in [4.78, 5) is 15.4. The summed E-state index contributed by atoms with van der Waals surface area (Å²) in [5, 5.41) is 13.6. The molecule has 0 amide bonds. The lowest BCUT2D eigenvalue weighted by atomic mass is 10.1. The second-order valence-corrected chi connectivity index (χ2v) is 5.42. The highest BCUT2D eigenvalue weighted by molar-refractivity contribution is 5.97. The number of carbonyl (C=O) groups is 1. The minimum atomic E-state index is -0.998. The van der Waals surface area contributed by atoms with Crippen LogP contribution in [0, 0.1) is 0 Å². The van der Waals surface area contributed by atoms with E-state index in [1.54, 1.807) is 6.07 Å². The van der Waals surface area contributed by atoms with Gasteiger partial charge in [-0.25, -0.2) is 9.78 Å². The number of unbranched alkanes of at least 4 members (excludes halogenated alkanes) is 2. The fourth-order valence-electron chi connectivity index (χ4n) is 2.44. The standard InChI is InChI=1S/C17H22N2O2/c1-3-4-5-8-12(2)18-15-11-16(17(20)21)19-14-10-7-6-9-13(14)15/h6-7,9-12H,3-5,8H2,1-2H3,(H,18,19)(H,20,21). The predicted octanol–water partition coefficient (Wildman–Crippen LogP) is 4.31. The molecule has 0 aliphatic carbocycles. The third kappa shape index (κ3) is 3.94. The molecule has 1 unspecified atom stereocenters. The zero-order chi connectivity index (χ0) is 15.2. The fraction of sp³-hybridized carbons (Fsp3) is 0.412. The van der Waals surface area contributed by atoms with E-state index in [1.165, 1.54) is 19.3 Å². The van der Waals surface area contributed by atoms with E-state index in [-0.39, 0.29) is 5.69 Å². The first kappa shape index (κ1) is 15.3. The molecule has 0 spiro atoms. The van der Waals surface area contributed by atoms with E-state index in [9.17, 15) is 9.90 Å². The van der Waals surface area contributed by atoms with Gasteiger partial charge in [-0.05, 0) is 25.5 Å². The number of carboxylic acid groups (broad SMARTS) is 1. The van der Waals surface area contributed by atoms with Crippen molar-refractivity contribution in [3.63, 3.8) is 0 Å². The molecular weight excluding hydrogens is 264 g/mol. The van der Waals surface area contributed by atoms with Crippen LogP contribution in [0.3, 0.4) is 0 Å². The number of carboxylic acids is 1. The van der Waals surface area contributed by atoms with Crippen LogP contribution >= 0.6 is 0 Å². The van der Waals surface area contributed by atoms with Crippen LogP contribution < -0.4 is 5.32 Å². The Morgan fingerprint density at radius 3 is 2.81 bits per heavy atom. The molecule has 4 nitrogen and oxygen atoms in total. The summed E-state index contributed by atoms with van der Waals surface area (Å²) < 4.78 is 0. The number of para-hydroxylation sites is 1. The fourth-order valence-corrected chi connectivity index (χ4v) is 2.44. The van der Waals surface area contributed by atoms with Gasteiger partial charge < -0.3 is 10.4 Å². The van der Waals surface area contributed by atoms with Crippen molar-refractivity contribution in [2.45, 2.75) is 45.6 Å². The Hall–Kier alpha value is -2.10. The molecule has 1 aromatic heterocycles. The van der Waals surface area contributed by atoms with Crippen LogP contribution in [0.4, 0.5) is 5.69 Å². The molecule has 2 rings (SSSR count). The molecular formula is C17H22N2O2. The van der Waals surface area contributed by atoms with Gasteiger partial charge in [0.25, 0.3) is 0 Å². The zero-order valence-corrected chi connectivity index (χ0v) is 12.6. The average Bonchev–Trinajstić information content (AvgIpc) is 2.47. The lowest BCUT2D eigenvalue weighted by Crippen LogP contribution is -2.16. The third-order valence-electron chi connectivity index (χ3n) is 3.58. The molecule has 0 fully saturated rings. The van der Waals surface area contributed by atoms with Crippen molar-refractivity contribution in [2.75, 3.05) is 5.32 Å². The molecule has 0 aliphatic rings. The van der Waals surface area contributed by atoms with E-state index >= 15 is 0 Å². The monoisotopic (exact) mass is 286 g/mol. The summed E-state index contributed by atoms with van der Waals surface area (Å²) in [6.45, 7) is 4.32. The molecule has 0 aliphatic heterocycles. The number of hydrogen-bond donors (Lipinski definition) is 2. The number of aromatic nitrogens is 1. The quantitative estimate of drug-likeness (QED) is 0.744. The Morgan fingerprint density at radius 2 is 2.10 bits per heavy atom. The normalized spacial score (nSPS) is 12.3. The molecule has 4 heteroatoms. The van der Waals surface area contributed by atoms with Gasteiger partial charge in [0.05, 0.1) is 5.52 Å². The number of nitrogens with zero attached hydrogens (tertiary/aromatic N) is 1. The van der Waals surface area contributed by atoms with E-state index in [0.717, 1.165) is 17.5 Å². The summed E-state index contributed by atoms with van der Waals surface area (Å²) in [6, 6.07) is 9.56. The SMILES string of the molecule is CCCCCC(C)Nc1cc(C(=O)O)nc2ccccc12. The Kier molecular flexibility index (Phi) is 5.14. The van der Waals surface area contributed by atoms with Gasteiger partial charge in [-0.3, -0.25) is 0 Å². The average molecular weight is 286 g/mol. The van der Waals surface area contributed by atoms with Crippen LogP contribution in [0.2, 0.25) is 0 Å². The molecule has 0 saturated heterocycles. The van der Waals surface area contributed by atoms with Crippen molar-refractivity contribution < 1.29 is 9.90 Å². The van der Waals surface area contributed by atoms with Crippen molar-refractivity contribution in [1.29, 1.82) is 0 Å². The first-order valence-electron chi connectivity index (χ1n) is 7.51. The van der Waals surface area contributed by atoms with Crippen LogP contribution in [-0.2, 0) is 0 Å². The number of rotatable bonds is 7. The van der Waals surface area contributed by atoms with Crippen molar-refractivity contribution in [3.8, 4) is 0 Å². The van der Waals surface area contributed by atoms with Crippen LogP contribution in [0.15, 0.2) is 30.3 Å². The number of hydrogen-bond acceptors (Lipinski definition) is 3. The number of pyridine rings is 1. The number of benzene rings is 1. The van der Waals surface area contributed by atoms with E-state index < -0.39 is 5.97 Å². The largest absolute Gasteiger partial charge is 0.477 e. The zero-order valence-electron chi connectivity index (χ0n) is 12.6. The minimum Gasteiger partial charge on any atom is -0.477 e. The first-order chi connectivity index (χ1) is 10.1. The van der Waals surface area contributed by atoms with Gasteiger partial charge in [0.2, 0.25) is 0 Å². The summed E-state index contributed by atoms with van der Waals surface area (Å²) >= 11 is 0. The maximum Gasteiger partial charge on any atom is 0.354 e. The molecule has 0 saturated carbocycles. The summed E-state index contributed by atoms with van der Waals surface area (Å²) in [5.41, 5.74) is 1.64. The molecule has 2 N–H and O–H groups in total. The van der Waals surface area contributed by atoms with Crippen LogP contribution in [-0.4, -0.2) is 22.1 Å². The second kappa shape index (κ2) is 7.07. The lowest BCUT2D eigenvalue weighted by Gasteiger charge is -2.17. The first-order valence-corrected chi connectivity index (χ1v) is 7.51. The van der Waals surface area contributed by atoms with E-state index in [2.05, 4.69) is 24.1 Å². The van der Waals surface area contributed by atoms with Gasteiger partial charge in [0.1, 0.15) is 0 Å². The maximum atomic E-state index is 11.2. The highest BCUT2D eigenvalue weighted by Gasteiger charge is 2.12. The molecule has 112 valence electrons. The molecule has 0 radical (unpaired) electrons. The molecule has 1 atom stereocenters. The van der Waals surface area contributed by atoms with Gasteiger partial charge >= 0.3 is 5.97 Å². The van der Waals surface area contributed by atoms with Crippen LogP contribution in [0.5, 0.6) is 0 Å². The molecule has 1 aromatic carbocycles. The molecule has 1 heterocycles. The summed E-state index contributed by atoms with van der Waals surface area (Å²) in [7, 11) is 0. The Labute approximate surface area is 125 Å². The Bertz CT molecular complexity index is 625. The number of anilines is 1. The van der Waals surface area contributed by atoms with Gasteiger partial charge in [0, 0.05) is 17.1 Å². The van der Waals surface area contributed by atoms with Gasteiger partial charge in [-0.2, -0.15) is 0 Å². The second-order valence-electron chi connectivity index (χ2n) is 5.42. The molecule has 2 aromatic rings. The highest BCUT2D eigenvalue weighted by atomic mass is 16.4. The maximum absolute atomic E-state index is 11.2. The summed E-state index contributed by atoms with van der Waals surface area (Å²) in [6.07, 6.45) is 4.68. The molecule has 21 heavy (non-hydrogen) atoms. The van der Waals surface area contributed by atoms with Crippen molar-refractivity contribution in [2.24, 2.45) is 0 Å². The smallest absolute Gasteiger partial charge is 0.354 e. The lowest BCUT2D eigenvalue weighted by molar-refractivity contribution is 0.0691. The van der Waals surface area contributed by atoms with Gasteiger partial charge in [-0.1, -0.05) is 44.4 Å².